The molecular weight excluding hydrogens is 448 g/mol. The van der Waals surface area contributed by atoms with Crippen molar-refractivity contribution in [3.63, 3.8) is 0 Å². The molecule has 0 aromatic heterocycles. The minimum atomic E-state index is -1.46. The highest BCUT2D eigenvalue weighted by Crippen LogP contribution is 2.70. The maximum absolute atomic E-state index is 13.8. The number of hydrogen-bond acceptors (Lipinski definition) is 7. The molecular formula is C28H40O7. The minimum Gasteiger partial charge on any atom is -0.458 e. The van der Waals surface area contributed by atoms with Gasteiger partial charge in [0.05, 0.1) is 6.10 Å². The van der Waals surface area contributed by atoms with Crippen LogP contribution in [0.1, 0.15) is 80.1 Å². The molecule has 0 spiro atoms. The van der Waals surface area contributed by atoms with Crippen molar-refractivity contribution in [2.75, 3.05) is 6.61 Å². The number of carbonyl (C=O) groups excluding carboxylic acids is 4. The smallest absolute Gasteiger partial charge is 0.306 e. The summed E-state index contributed by atoms with van der Waals surface area (Å²) in [5, 5.41) is 11.7. The number of allylic oxidation sites excluding steroid dienone is 1. The number of aliphatic hydroxyl groups excluding tert-OH is 1. The van der Waals surface area contributed by atoms with Crippen molar-refractivity contribution in [2.45, 2.75) is 91.8 Å². The molecule has 0 aromatic rings. The lowest BCUT2D eigenvalue weighted by Crippen LogP contribution is -2.65. The topological polar surface area (TPSA) is 107 Å². The van der Waals surface area contributed by atoms with Crippen LogP contribution in [0.4, 0.5) is 0 Å². The van der Waals surface area contributed by atoms with Crippen LogP contribution in [0.2, 0.25) is 0 Å². The number of aliphatic hydroxyl groups is 1. The highest BCUT2D eigenvalue weighted by molar-refractivity contribution is 5.94. The first-order valence-electron chi connectivity index (χ1n) is 13.1. The summed E-state index contributed by atoms with van der Waals surface area (Å²) < 4.78 is 11.2. The summed E-state index contributed by atoms with van der Waals surface area (Å²) in [4.78, 5) is 50.2. The van der Waals surface area contributed by atoms with Gasteiger partial charge in [0, 0.05) is 31.1 Å². The molecule has 194 valence electrons. The molecule has 35 heavy (non-hydrogen) atoms. The molecule has 1 N–H and O–H groups in total. The zero-order valence-electron chi connectivity index (χ0n) is 21.9. The highest BCUT2D eigenvalue weighted by Gasteiger charge is 2.73. The average molecular weight is 489 g/mol. The second kappa shape index (κ2) is 8.82. The van der Waals surface area contributed by atoms with E-state index in [1.807, 2.05) is 19.9 Å². The predicted molar refractivity (Wildman–Crippen MR) is 128 cm³/mol. The summed E-state index contributed by atoms with van der Waals surface area (Å²) >= 11 is 0. The van der Waals surface area contributed by atoms with Crippen LogP contribution in [-0.4, -0.2) is 46.9 Å². The van der Waals surface area contributed by atoms with Gasteiger partial charge in [-0.25, -0.2) is 0 Å². The molecule has 0 aliphatic heterocycles. The van der Waals surface area contributed by atoms with Crippen molar-refractivity contribution in [3.8, 4) is 0 Å². The van der Waals surface area contributed by atoms with Gasteiger partial charge < -0.3 is 14.6 Å². The fourth-order valence-electron chi connectivity index (χ4n) is 8.83. The molecule has 4 aliphatic rings. The Hall–Kier alpha value is -2.02. The van der Waals surface area contributed by atoms with Crippen LogP contribution in [-0.2, 0) is 28.7 Å². The van der Waals surface area contributed by atoms with Crippen LogP contribution in [0.3, 0.4) is 0 Å². The lowest BCUT2D eigenvalue weighted by Gasteiger charge is -2.62. The van der Waals surface area contributed by atoms with Crippen LogP contribution >= 0.6 is 0 Å². The highest BCUT2D eigenvalue weighted by atomic mass is 16.6. The molecule has 3 saturated carbocycles. The maximum Gasteiger partial charge on any atom is 0.306 e. The van der Waals surface area contributed by atoms with Crippen LogP contribution < -0.4 is 0 Å². The molecule has 4 aliphatic carbocycles. The number of fused-ring (bicyclic) bond motifs is 5. The summed E-state index contributed by atoms with van der Waals surface area (Å²) in [6.45, 7) is 10.8. The van der Waals surface area contributed by atoms with Crippen LogP contribution in [0, 0.1) is 40.4 Å². The van der Waals surface area contributed by atoms with E-state index in [9.17, 15) is 24.3 Å². The summed E-state index contributed by atoms with van der Waals surface area (Å²) in [7, 11) is 0. The zero-order chi connectivity index (χ0) is 25.9. The van der Waals surface area contributed by atoms with Gasteiger partial charge in [-0.05, 0) is 60.8 Å². The molecule has 0 radical (unpaired) electrons. The SMILES string of the molecule is CCC(=O)O[C@]1(C(=O)COC(C)=O)[C@@H](C)C[C@H]2[C@@H]3C[C@H](C)C4=CC(=O)CC[C@]4(C)[C@H]3[C@@H](O)C[C@@]21C. The van der Waals surface area contributed by atoms with Gasteiger partial charge in [-0.2, -0.15) is 0 Å². The number of hydrogen-bond donors (Lipinski definition) is 1. The van der Waals surface area contributed by atoms with E-state index in [-0.39, 0.29) is 47.2 Å². The van der Waals surface area contributed by atoms with Gasteiger partial charge in [0.25, 0.3) is 0 Å². The number of ether oxygens (including phenoxy) is 2. The summed E-state index contributed by atoms with van der Waals surface area (Å²) in [5.41, 5.74) is -1.38. The van der Waals surface area contributed by atoms with E-state index in [4.69, 9.17) is 9.47 Å². The fourth-order valence-corrected chi connectivity index (χ4v) is 8.83. The van der Waals surface area contributed by atoms with Crippen molar-refractivity contribution in [2.24, 2.45) is 40.4 Å². The van der Waals surface area contributed by atoms with Crippen molar-refractivity contribution in [1.29, 1.82) is 0 Å². The molecule has 7 nitrogen and oxygen atoms in total. The van der Waals surface area contributed by atoms with Gasteiger partial charge in [0.2, 0.25) is 5.78 Å². The van der Waals surface area contributed by atoms with E-state index in [0.29, 0.717) is 19.3 Å². The van der Waals surface area contributed by atoms with Gasteiger partial charge in [0.1, 0.15) is 0 Å². The first-order valence-corrected chi connectivity index (χ1v) is 13.1. The van der Waals surface area contributed by atoms with E-state index in [2.05, 4.69) is 13.8 Å². The second-order valence-electron chi connectivity index (χ2n) is 12.0. The van der Waals surface area contributed by atoms with Crippen molar-refractivity contribution in [1.82, 2.24) is 0 Å². The molecule has 0 saturated heterocycles. The summed E-state index contributed by atoms with van der Waals surface area (Å²) in [5.74, 6) is -1.21. The Balaban J connectivity index is 1.79. The Morgan fingerprint density at radius 1 is 1.17 bits per heavy atom. The first kappa shape index (κ1) is 26.1. The molecule has 0 heterocycles. The third-order valence-corrected chi connectivity index (χ3v) is 10.1. The van der Waals surface area contributed by atoms with E-state index in [0.717, 1.165) is 18.4 Å². The van der Waals surface area contributed by atoms with E-state index < -0.39 is 41.4 Å². The molecule has 4 rings (SSSR count). The lowest BCUT2D eigenvalue weighted by atomic mass is 9.44. The fraction of sp³-hybridized carbons (Fsp3) is 0.786. The first-order chi connectivity index (χ1) is 16.3. The van der Waals surface area contributed by atoms with Crippen LogP contribution in [0.15, 0.2) is 11.6 Å². The van der Waals surface area contributed by atoms with Gasteiger partial charge in [-0.15, -0.1) is 0 Å². The molecule has 0 aromatic carbocycles. The third-order valence-electron chi connectivity index (χ3n) is 10.1. The maximum atomic E-state index is 13.8. The molecule has 9 atom stereocenters. The number of carbonyl (C=O) groups is 4. The Bertz CT molecular complexity index is 968. The molecule has 7 heteroatoms. The third kappa shape index (κ3) is 3.71. The minimum absolute atomic E-state index is 0.0235. The zero-order valence-corrected chi connectivity index (χ0v) is 21.9. The molecule has 0 bridgehead atoms. The van der Waals surface area contributed by atoms with Crippen molar-refractivity contribution < 1.29 is 33.8 Å². The Morgan fingerprint density at radius 2 is 1.86 bits per heavy atom. The Kier molecular flexibility index (Phi) is 6.57. The van der Waals surface area contributed by atoms with Crippen molar-refractivity contribution >= 4 is 23.5 Å². The van der Waals surface area contributed by atoms with E-state index in [1.54, 1.807) is 6.92 Å². The number of ketones is 2. The lowest BCUT2D eigenvalue weighted by molar-refractivity contribution is -0.208. The quantitative estimate of drug-likeness (QED) is 0.587. The van der Waals surface area contributed by atoms with Gasteiger partial charge in [-0.3, -0.25) is 19.2 Å². The second-order valence-corrected chi connectivity index (χ2v) is 12.0. The molecule has 0 unspecified atom stereocenters. The van der Waals surface area contributed by atoms with Gasteiger partial charge in [-0.1, -0.05) is 40.2 Å². The molecule has 3 fully saturated rings. The number of rotatable bonds is 5. The summed E-state index contributed by atoms with van der Waals surface area (Å²) in [6, 6.07) is 0. The Labute approximate surface area is 208 Å². The number of esters is 2. The van der Waals surface area contributed by atoms with E-state index >= 15 is 0 Å². The number of Topliss-reactive ketones (excluding diaryl/α,β-unsaturated/α-hetero) is 1. The van der Waals surface area contributed by atoms with Crippen LogP contribution in [0.25, 0.3) is 0 Å². The molecule has 0 amide bonds. The van der Waals surface area contributed by atoms with E-state index in [1.165, 1.54) is 6.92 Å². The van der Waals surface area contributed by atoms with Gasteiger partial charge >= 0.3 is 11.9 Å². The average Bonchev–Trinajstić information content (AvgIpc) is 3.00. The Morgan fingerprint density at radius 3 is 2.49 bits per heavy atom. The van der Waals surface area contributed by atoms with Gasteiger partial charge in [0.15, 0.2) is 18.0 Å². The summed E-state index contributed by atoms with van der Waals surface area (Å²) in [6.07, 6.45) is 4.27. The largest absolute Gasteiger partial charge is 0.458 e. The standard InChI is InChI=1S/C28H40O7/c1-7-24(33)35-28(23(32)14-34-17(4)29)16(3)11-21-19-10-15(2)20-12-18(30)8-9-26(20,5)25(19)22(31)13-27(21,28)6/h12,15-16,19,21-22,25,31H,7-11,13-14H2,1-6H3/t15-,16-,19-,21-,22-,25+,26-,27-,28-/m0/s1. The monoisotopic (exact) mass is 488 g/mol. The van der Waals surface area contributed by atoms with Crippen LogP contribution in [0.5, 0.6) is 0 Å². The predicted octanol–water partition coefficient (Wildman–Crippen LogP) is 3.81. The normalized spacial score (nSPS) is 44.4. The van der Waals surface area contributed by atoms with Crippen molar-refractivity contribution in [3.05, 3.63) is 11.6 Å².